The molecule has 0 saturated carbocycles. The van der Waals surface area contributed by atoms with E-state index in [0.29, 0.717) is 0 Å². The molecule has 2 atom stereocenters. The summed E-state index contributed by atoms with van der Waals surface area (Å²) < 4.78 is 0. The molecule has 0 heterocycles. The second kappa shape index (κ2) is 6.43. The van der Waals surface area contributed by atoms with Gasteiger partial charge in [-0.2, -0.15) is 0 Å². The largest absolute Gasteiger partial charge is 0.0903 e. The second-order valence-electron chi connectivity index (χ2n) is 3.83. The van der Waals surface area contributed by atoms with E-state index in [1.54, 1.807) is 0 Å². The van der Waals surface area contributed by atoms with Crippen molar-refractivity contribution >= 4 is 0 Å². The summed E-state index contributed by atoms with van der Waals surface area (Å²) >= 11 is 0. The van der Waals surface area contributed by atoms with Crippen molar-refractivity contribution in [2.45, 2.75) is 31.8 Å². The van der Waals surface area contributed by atoms with Crippen molar-refractivity contribution in [1.82, 2.24) is 0 Å². The van der Waals surface area contributed by atoms with Crippen LogP contribution in [0.4, 0.5) is 0 Å². The third-order valence-electron chi connectivity index (χ3n) is 2.69. The zero-order valence-corrected chi connectivity index (χ0v) is 9.80. The van der Waals surface area contributed by atoms with E-state index >= 15 is 0 Å². The van der Waals surface area contributed by atoms with Gasteiger partial charge in [-0.25, -0.2) is 0 Å². The lowest BCUT2D eigenvalue weighted by Crippen LogP contribution is -2.22. The van der Waals surface area contributed by atoms with E-state index in [2.05, 4.69) is 20.1 Å². The molecule has 0 radical (unpaired) electrons. The molecule has 1 aromatic carbocycles. The summed E-state index contributed by atoms with van der Waals surface area (Å²) in [6.45, 7) is 3.64. The van der Waals surface area contributed by atoms with Crippen LogP contribution in [0.2, 0.25) is 0 Å². The maximum absolute atomic E-state index is 8.50. The van der Waals surface area contributed by atoms with Crippen molar-refractivity contribution in [3.63, 3.8) is 0 Å². The van der Waals surface area contributed by atoms with Crippen molar-refractivity contribution in [3.05, 3.63) is 56.8 Å². The number of hydrogen-bond acceptors (Lipinski definition) is 2. The molecule has 0 saturated heterocycles. The Morgan fingerprint density at radius 2 is 1.41 bits per heavy atom. The standard InChI is InChI=1S/C11H14N6/c1-8(14-16-12)11(9(2)15-17-13)10-6-4-3-5-7-10/h3-9,11H,1-2H3. The van der Waals surface area contributed by atoms with Gasteiger partial charge in [0.2, 0.25) is 0 Å². The molecule has 0 aliphatic rings. The van der Waals surface area contributed by atoms with E-state index in [4.69, 9.17) is 11.1 Å². The minimum Gasteiger partial charge on any atom is -0.0903 e. The molecule has 0 aromatic heterocycles. The van der Waals surface area contributed by atoms with Gasteiger partial charge in [-0.05, 0) is 16.6 Å². The van der Waals surface area contributed by atoms with Gasteiger partial charge in [-0.3, -0.25) is 0 Å². The fourth-order valence-corrected chi connectivity index (χ4v) is 1.94. The number of hydrogen-bond donors (Lipinski definition) is 0. The van der Waals surface area contributed by atoms with Crippen LogP contribution in [-0.2, 0) is 0 Å². The summed E-state index contributed by atoms with van der Waals surface area (Å²) in [6.07, 6.45) is 0. The summed E-state index contributed by atoms with van der Waals surface area (Å²) in [4.78, 5) is 5.63. The van der Waals surface area contributed by atoms with Crippen LogP contribution in [-0.4, -0.2) is 12.1 Å². The van der Waals surface area contributed by atoms with Gasteiger partial charge >= 0.3 is 0 Å². The SMILES string of the molecule is CC(N=[N+]=[N-])C(c1ccccc1)C(C)N=[N+]=[N-]. The van der Waals surface area contributed by atoms with Gasteiger partial charge in [-0.15, -0.1) is 0 Å². The Hall–Kier alpha value is -2.16. The summed E-state index contributed by atoms with van der Waals surface area (Å²) in [5.41, 5.74) is 18.0. The third-order valence-corrected chi connectivity index (χ3v) is 2.69. The van der Waals surface area contributed by atoms with Gasteiger partial charge in [0.1, 0.15) is 0 Å². The highest BCUT2D eigenvalue weighted by molar-refractivity contribution is 5.23. The monoisotopic (exact) mass is 230 g/mol. The molecule has 0 aliphatic carbocycles. The van der Waals surface area contributed by atoms with Crippen molar-refractivity contribution in [1.29, 1.82) is 0 Å². The molecule has 0 fully saturated rings. The van der Waals surface area contributed by atoms with Crippen LogP contribution >= 0.6 is 0 Å². The molecule has 0 bridgehead atoms. The van der Waals surface area contributed by atoms with E-state index < -0.39 is 0 Å². The zero-order chi connectivity index (χ0) is 12.7. The quantitative estimate of drug-likeness (QED) is 0.412. The van der Waals surface area contributed by atoms with Crippen molar-refractivity contribution in [2.24, 2.45) is 10.2 Å². The van der Waals surface area contributed by atoms with Gasteiger partial charge in [0, 0.05) is 27.8 Å². The first-order valence-electron chi connectivity index (χ1n) is 5.34. The normalized spacial score (nSPS) is 14.9. The zero-order valence-electron chi connectivity index (χ0n) is 9.80. The first-order chi connectivity index (χ1) is 8.20. The number of benzene rings is 1. The van der Waals surface area contributed by atoms with E-state index in [1.165, 1.54) is 0 Å². The molecule has 0 aliphatic heterocycles. The van der Waals surface area contributed by atoms with E-state index in [-0.39, 0.29) is 18.0 Å². The fourth-order valence-electron chi connectivity index (χ4n) is 1.94. The first kappa shape index (κ1) is 12.9. The molecule has 0 amide bonds. The topological polar surface area (TPSA) is 97.5 Å². The van der Waals surface area contributed by atoms with Gasteiger partial charge in [0.15, 0.2) is 0 Å². The van der Waals surface area contributed by atoms with Gasteiger partial charge in [0.25, 0.3) is 0 Å². The van der Waals surface area contributed by atoms with Crippen molar-refractivity contribution in [2.75, 3.05) is 0 Å². The Labute approximate surface area is 99.5 Å². The van der Waals surface area contributed by atoms with E-state index in [9.17, 15) is 0 Å². The summed E-state index contributed by atoms with van der Waals surface area (Å²) in [5, 5.41) is 7.40. The van der Waals surface area contributed by atoms with Crippen LogP contribution in [0.3, 0.4) is 0 Å². The summed E-state index contributed by atoms with van der Waals surface area (Å²) in [5.74, 6) is -0.108. The average Bonchev–Trinajstić information content (AvgIpc) is 2.31. The Morgan fingerprint density at radius 1 is 0.941 bits per heavy atom. The van der Waals surface area contributed by atoms with Crippen LogP contribution in [0.1, 0.15) is 25.3 Å². The minimum atomic E-state index is -0.261. The predicted octanol–water partition coefficient (Wildman–Crippen LogP) is 4.17. The predicted molar refractivity (Wildman–Crippen MR) is 66.4 cm³/mol. The lowest BCUT2D eigenvalue weighted by atomic mass is 9.87. The lowest BCUT2D eigenvalue weighted by Gasteiger charge is -2.24. The van der Waals surface area contributed by atoms with Gasteiger partial charge in [0.05, 0.1) is 0 Å². The molecule has 1 rings (SSSR count). The Balaban J connectivity index is 3.10. The highest BCUT2D eigenvalue weighted by Gasteiger charge is 2.23. The Kier molecular flexibility index (Phi) is 4.88. The third kappa shape index (κ3) is 3.41. The van der Waals surface area contributed by atoms with E-state index in [1.807, 2.05) is 44.2 Å². The van der Waals surface area contributed by atoms with Crippen molar-refractivity contribution in [3.8, 4) is 0 Å². The van der Waals surface area contributed by atoms with Crippen LogP contribution in [0, 0.1) is 0 Å². The average molecular weight is 230 g/mol. The smallest absolute Gasteiger partial charge is 0.0418 e. The molecular formula is C11H14N6. The minimum absolute atomic E-state index is 0.108. The molecule has 1 aromatic rings. The fraction of sp³-hybridized carbons (Fsp3) is 0.455. The maximum atomic E-state index is 8.50. The van der Waals surface area contributed by atoms with Crippen LogP contribution in [0.15, 0.2) is 40.6 Å². The summed E-state index contributed by atoms with van der Waals surface area (Å²) in [6, 6.07) is 9.10. The molecule has 6 heteroatoms. The molecule has 88 valence electrons. The molecule has 2 unspecified atom stereocenters. The molecular weight excluding hydrogens is 216 g/mol. The molecule has 0 N–H and O–H groups in total. The molecule has 0 spiro atoms. The molecule has 17 heavy (non-hydrogen) atoms. The maximum Gasteiger partial charge on any atom is 0.0418 e. The summed E-state index contributed by atoms with van der Waals surface area (Å²) in [7, 11) is 0. The second-order valence-corrected chi connectivity index (χ2v) is 3.83. The number of nitrogens with zero attached hydrogens (tertiary/aromatic N) is 6. The van der Waals surface area contributed by atoms with Gasteiger partial charge < -0.3 is 0 Å². The van der Waals surface area contributed by atoms with Crippen molar-refractivity contribution < 1.29 is 0 Å². The Bertz CT molecular complexity index is 420. The highest BCUT2D eigenvalue weighted by Crippen LogP contribution is 2.27. The van der Waals surface area contributed by atoms with Crippen LogP contribution in [0.25, 0.3) is 20.9 Å². The number of azide groups is 2. The highest BCUT2D eigenvalue weighted by atomic mass is 15.2. The first-order valence-corrected chi connectivity index (χ1v) is 5.34. The molecule has 6 nitrogen and oxygen atoms in total. The lowest BCUT2D eigenvalue weighted by molar-refractivity contribution is 0.488. The van der Waals surface area contributed by atoms with Crippen LogP contribution in [0.5, 0.6) is 0 Å². The van der Waals surface area contributed by atoms with E-state index in [0.717, 1.165) is 5.56 Å². The van der Waals surface area contributed by atoms with Gasteiger partial charge in [-0.1, -0.05) is 54.4 Å². The number of rotatable bonds is 5. The van der Waals surface area contributed by atoms with Crippen LogP contribution < -0.4 is 0 Å². The Morgan fingerprint density at radius 3 is 1.82 bits per heavy atom.